The molecule has 0 atom stereocenters. The van der Waals surface area contributed by atoms with Crippen molar-refractivity contribution in [3.05, 3.63) is 84.9 Å². The summed E-state index contributed by atoms with van der Waals surface area (Å²) in [4.78, 5) is 5.84. The van der Waals surface area contributed by atoms with Crippen LogP contribution in [-0.2, 0) is 10.0 Å². The quantitative estimate of drug-likeness (QED) is 0.140. The van der Waals surface area contributed by atoms with E-state index in [2.05, 4.69) is 44.3 Å². The number of rotatable bonds is 14. The number of thiazole rings is 1. The molecule has 0 aliphatic heterocycles. The third-order valence-corrected chi connectivity index (χ3v) is 9.24. The number of aromatic nitrogens is 1. The van der Waals surface area contributed by atoms with Crippen LogP contribution in [0.25, 0.3) is 27.8 Å². The Labute approximate surface area is 254 Å². The fourth-order valence-electron chi connectivity index (χ4n) is 4.39. The van der Waals surface area contributed by atoms with Crippen molar-refractivity contribution in [2.45, 2.75) is 58.3 Å². The number of hydrogen-bond donors (Lipinski definition) is 2. The van der Waals surface area contributed by atoms with E-state index >= 15 is 0 Å². The first-order valence-corrected chi connectivity index (χ1v) is 16.7. The zero-order valence-electron chi connectivity index (χ0n) is 24.9. The van der Waals surface area contributed by atoms with Crippen molar-refractivity contribution in [2.24, 2.45) is 5.41 Å². The Morgan fingerprint density at radius 1 is 1.00 bits per heavy atom. The molecule has 8 heteroatoms. The molecule has 0 unspecified atom stereocenters. The molecule has 222 valence electrons. The molecule has 4 aromatic rings. The van der Waals surface area contributed by atoms with Crippen LogP contribution in [0.15, 0.2) is 84.3 Å². The average molecular weight is 604 g/mol. The predicted molar refractivity (Wildman–Crippen MR) is 178 cm³/mol. The Hall–Kier alpha value is -3.62. The van der Waals surface area contributed by atoms with Crippen LogP contribution in [-0.4, -0.2) is 26.6 Å². The number of ether oxygens (including phenoxy) is 1. The molecule has 1 aromatic heterocycles. The first kappa shape index (κ1) is 31.3. The Kier molecular flexibility index (Phi) is 10.5. The molecule has 0 aliphatic carbocycles. The van der Waals surface area contributed by atoms with Crippen LogP contribution < -0.4 is 14.8 Å². The highest BCUT2D eigenvalue weighted by Gasteiger charge is 2.22. The van der Waals surface area contributed by atoms with Crippen molar-refractivity contribution in [3.8, 4) is 27.4 Å². The Morgan fingerprint density at radius 2 is 1.79 bits per heavy atom. The Morgan fingerprint density at radius 3 is 2.55 bits per heavy atom. The van der Waals surface area contributed by atoms with Gasteiger partial charge in [-0.1, -0.05) is 107 Å². The van der Waals surface area contributed by atoms with Crippen LogP contribution in [0, 0.1) is 5.41 Å². The molecule has 0 radical (unpaired) electrons. The predicted octanol–water partition coefficient (Wildman–Crippen LogP) is 9.34. The van der Waals surface area contributed by atoms with E-state index in [0.29, 0.717) is 17.4 Å². The van der Waals surface area contributed by atoms with Crippen molar-refractivity contribution >= 4 is 38.3 Å². The van der Waals surface area contributed by atoms with Gasteiger partial charge in [0.2, 0.25) is 0 Å². The summed E-state index contributed by atoms with van der Waals surface area (Å²) in [6.07, 6.45) is 6.00. The molecule has 0 spiro atoms. The molecule has 0 bridgehead atoms. The van der Waals surface area contributed by atoms with Crippen LogP contribution in [0.1, 0.15) is 58.9 Å². The number of nitrogens with one attached hydrogen (secondary N) is 2. The van der Waals surface area contributed by atoms with Crippen LogP contribution in [0.3, 0.4) is 0 Å². The highest BCUT2D eigenvalue weighted by Crippen LogP contribution is 2.42. The van der Waals surface area contributed by atoms with Gasteiger partial charge in [-0.15, -0.1) is 0 Å². The maximum atomic E-state index is 13.5. The van der Waals surface area contributed by atoms with E-state index in [-0.39, 0.29) is 10.3 Å². The number of hydrogen-bond acceptors (Lipinski definition) is 6. The summed E-state index contributed by atoms with van der Waals surface area (Å²) in [7, 11) is -3.88. The third-order valence-electron chi connectivity index (χ3n) is 6.76. The topological polar surface area (TPSA) is 80.3 Å². The molecule has 0 aliphatic rings. The molecule has 42 heavy (non-hydrogen) atoms. The van der Waals surface area contributed by atoms with Gasteiger partial charge >= 0.3 is 0 Å². The summed E-state index contributed by atoms with van der Waals surface area (Å²) >= 11 is 1.30. The van der Waals surface area contributed by atoms with Gasteiger partial charge in [0, 0.05) is 17.8 Å². The van der Waals surface area contributed by atoms with E-state index < -0.39 is 10.0 Å². The maximum Gasteiger partial charge on any atom is 0.263 e. The van der Waals surface area contributed by atoms with Gasteiger partial charge in [0.1, 0.15) is 5.75 Å². The molecule has 3 aromatic carbocycles. The monoisotopic (exact) mass is 603 g/mol. The van der Waals surface area contributed by atoms with Crippen LogP contribution in [0.4, 0.5) is 10.8 Å². The molecule has 0 saturated carbocycles. The largest absolute Gasteiger partial charge is 0.494 e. The van der Waals surface area contributed by atoms with Gasteiger partial charge < -0.3 is 10.1 Å². The van der Waals surface area contributed by atoms with E-state index in [1.807, 2.05) is 54.6 Å². The number of sulfonamides is 1. The normalized spacial score (nSPS) is 11.7. The molecule has 6 nitrogen and oxygen atoms in total. The smallest absolute Gasteiger partial charge is 0.263 e. The Bertz CT molecular complexity index is 1600. The minimum absolute atomic E-state index is 0.174. The second-order valence-electron chi connectivity index (χ2n) is 11.4. The highest BCUT2D eigenvalue weighted by molar-refractivity contribution is 7.93. The molecular weight excluding hydrogens is 563 g/mol. The van der Waals surface area contributed by atoms with Gasteiger partial charge in [-0.3, -0.25) is 4.72 Å². The average Bonchev–Trinajstić information content (AvgIpc) is 3.38. The van der Waals surface area contributed by atoms with Crippen molar-refractivity contribution in [1.29, 1.82) is 0 Å². The standard InChI is InChI=1S/C34H41N3O3S2/c1-6-8-11-21-35-27-16-13-18-29(24-27)42(38,39)37-33-36-31(30-19-10-9-14-25(30)7-2)32(41-33)26-15-12-17-28(23-26)40-22-20-34(3,4)5/h7,9-10,12-19,23-24,35H,2,6,8,11,20-22H2,1,3-5H3,(H,36,37). The van der Waals surface area contributed by atoms with Crippen molar-refractivity contribution in [3.63, 3.8) is 0 Å². The van der Waals surface area contributed by atoms with Crippen LogP contribution >= 0.6 is 11.3 Å². The van der Waals surface area contributed by atoms with E-state index in [1.165, 1.54) is 11.3 Å². The lowest BCUT2D eigenvalue weighted by atomic mass is 9.93. The van der Waals surface area contributed by atoms with E-state index in [9.17, 15) is 8.42 Å². The molecule has 1 heterocycles. The van der Waals surface area contributed by atoms with Gasteiger partial charge in [-0.05, 0) is 59.7 Å². The molecule has 4 rings (SSSR count). The summed E-state index contributed by atoms with van der Waals surface area (Å²) in [5, 5.41) is 3.62. The first-order valence-electron chi connectivity index (χ1n) is 14.4. The highest BCUT2D eigenvalue weighted by atomic mass is 32.2. The third kappa shape index (κ3) is 8.46. The summed E-state index contributed by atoms with van der Waals surface area (Å²) in [6.45, 7) is 14.1. The fourth-order valence-corrected chi connectivity index (χ4v) is 6.65. The van der Waals surface area contributed by atoms with Crippen molar-refractivity contribution in [2.75, 3.05) is 23.2 Å². The summed E-state index contributed by atoms with van der Waals surface area (Å²) in [6, 6.07) is 22.6. The molecule has 0 fully saturated rings. The lowest BCUT2D eigenvalue weighted by molar-refractivity contribution is 0.243. The van der Waals surface area contributed by atoms with Crippen LogP contribution in [0.2, 0.25) is 0 Å². The summed E-state index contributed by atoms with van der Waals surface area (Å²) in [5.74, 6) is 0.762. The second-order valence-corrected chi connectivity index (χ2v) is 14.1. The van der Waals surface area contributed by atoms with Gasteiger partial charge in [0.25, 0.3) is 10.0 Å². The number of anilines is 2. The minimum atomic E-state index is -3.88. The van der Waals surface area contributed by atoms with Gasteiger partial charge in [0.15, 0.2) is 5.13 Å². The SMILES string of the molecule is C=Cc1ccccc1-c1nc(NS(=O)(=O)c2cccc(NCCCCC)c2)sc1-c1cccc(OCCC(C)(C)C)c1. The van der Waals surface area contributed by atoms with E-state index in [4.69, 9.17) is 9.72 Å². The zero-order chi connectivity index (χ0) is 30.2. The first-order chi connectivity index (χ1) is 20.1. The summed E-state index contributed by atoms with van der Waals surface area (Å²) in [5.41, 5.74) is 4.33. The molecule has 0 saturated heterocycles. The lowest BCUT2D eigenvalue weighted by Gasteiger charge is -2.18. The summed E-state index contributed by atoms with van der Waals surface area (Å²) < 4.78 is 35.8. The van der Waals surface area contributed by atoms with E-state index in [0.717, 1.165) is 65.2 Å². The number of nitrogens with zero attached hydrogens (tertiary/aromatic N) is 1. The van der Waals surface area contributed by atoms with Crippen LogP contribution in [0.5, 0.6) is 5.75 Å². The number of unbranched alkanes of at least 4 members (excludes halogenated alkanes) is 2. The zero-order valence-corrected chi connectivity index (χ0v) is 26.6. The van der Waals surface area contributed by atoms with Crippen molar-refractivity contribution < 1.29 is 13.2 Å². The number of benzene rings is 3. The minimum Gasteiger partial charge on any atom is -0.494 e. The van der Waals surface area contributed by atoms with Gasteiger partial charge in [-0.2, -0.15) is 0 Å². The second kappa shape index (κ2) is 14.0. The molecule has 0 amide bonds. The van der Waals surface area contributed by atoms with Crippen molar-refractivity contribution in [1.82, 2.24) is 4.98 Å². The van der Waals surface area contributed by atoms with E-state index in [1.54, 1.807) is 24.3 Å². The van der Waals surface area contributed by atoms with Gasteiger partial charge in [-0.25, -0.2) is 13.4 Å². The van der Waals surface area contributed by atoms with Gasteiger partial charge in [0.05, 0.1) is 22.1 Å². The molecular formula is C34H41N3O3S2. The Balaban J connectivity index is 1.67. The fraction of sp³-hybridized carbons (Fsp3) is 0.324. The maximum absolute atomic E-state index is 13.5. The molecule has 2 N–H and O–H groups in total. The lowest BCUT2D eigenvalue weighted by Crippen LogP contribution is -2.13.